The quantitative estimate of drug-likeness (QED) is 0.178. The molecule has 0 fully saturated rings. The molecular weight excluding hydrogens is 763 g/mol. The number of para-hydroxylation sites is 2. The number of fused-ring (bicyclic) bond motifs is 14. The zero-order valence-corrected chi connectivity index (χ0v) is 33.4. The standard InChI is InChI=1S/C55H31N5S/c1-3-15-33(16-4-1)53-56-54(34-17-5-2-6-18-34)58-55(57-53)41-28-29-45(49-40-21-10-12-25-48(40)61-52(41)49)60-47-31-46-42(30-43(47)39-27-26-32-14-7-8-19-35(32)50(39)60)38-23-13-22-37-36-20-9-11-24-44(36)59(46)51(37)38/h1-31H. The van der Waals surface area contributed by atoms with Crippen LogP contribution in [0.3, 0.4) is 0 Å². The van der Waals surface area contributed by atoms with E-state index in [1.807, 2.05) is 36.4 Å². The monoisotopic (exact) mass is 793 g/mol. The Morgan fingerprint density at radius 2 is 0.984 bits per heavy atom. The molecule has 0 radical (unpaired) electrons. The van der Waals surface area contributed by atoms with Crippen molar-refractivity contribution in [2.45, 2.75) is 0 Å². The normalized spacial score (nSPS) is 12.3. The zero-order valence-electron chi connectivity index (χ0n) is 32.5. The number of aromatic nitrogens is 5. The number of hydrogen-bond acceptors (Lipinski definition) is 4. The topological polar surface area (TPSA) is 48.0 Å². The van der Waals surface area contributed by atoms with Crippen molar-refractivity contribution in [2.24, 2.45) is 0 Å². The Morgan fingerprint density at radius 1 is 0.377 bits per heavy atom. The first-order valence-electron chi connectivity index (χ1n) is 20.6. The Kier molecular flexibility index (Phi) is 6.65. The van der Waals surface area contributed by atoms with Gasteiger partial charge in [0.2, 0.25) is 0 Å². The summed E-state index contributed by atoms with van der Waals surface area (Å²) < 4.78 is 7.39. The van der Waals surface area contributed by atoms with Gasteiger partial charge in [-0.3, -0.25) is 0 Å². The van der Waals surface area contributed by atoms with Crippen molar-refractivity contribution in [1.82, 2.24) is 23.9 Å². The van der Waals surface area contributed by atoms with Crippen LogP contribution in [-0.4, -0.2) is 23.9 Å². The van der Waals surface area contributed by atoms with E-state index in [1.165, 1.54) is 86.1 Å². The predicted molar refractivity (Wildman–Crippen MR) is 256 cm³/mol. The number of hydrogen-bond donors (Lipinski definition) is 0. The maximum Gasteiger partial charge on any atom is 0.165 e. The molecule has 0 spiro atoms. The first-order chi connectivity index (χ1) is 30.3. The smallest absolute Gasteiger partial charge is 0.165 e. The molecular formula is C55H31N5S. The Morgan fingerprint density at radius 3 is 1.77 bits per heavy atom. The van der Waals surface area contributed by atoms with Gasteiger partial charge in [-0.2, -0.15) is 0 Å². The fraction of sp³-hybridized carbons (Fsp3) is 0. The van der Waals surface area contributed by atoms with Gasteiger partial charge in [-0.25, -0.2) is 15.0 Å². The van der Waals surface area contributed by atoms with E-state index in [0.29, 0.717) is 17.5 Å². The van der Waals surface area contributed by atoms with E-state index in [0.717, 1.165) is 27.1 Å². The third-order valence-corrected chi connectivity index (χ3v) is 13.9. The maximum atomic E-state index is 5.23. The summed E-state index contributed by atoms with van der Waals surface area (Å²) in [5, 5.41) is 12.4. The van der Waals surface area contributed by atoms with E-state index in [4.69, 9.17) is 15.0 Å². The Balaban J connectivity index is 1.13. The predicted octanol–water partition coefficient (Wildman–Crippen LogP) is 14.6. The summed E-state index contributed by atoms with van der Waals surface area (Å²) in [5.41, 5.74) is 10.1. The van der Waals surface area contributed by atoms with Crippen LogP contribution in [0.15, 0.2) is 188 Å². The SMILES string of the molecule is c1ccc(-c2nc(-c3ccccc3)nc(-c3ccc(-n4c5cc6c(cc5c5ccc7ccccc7c54)c4cccc5c7ccccc7n6c54)c4c3sc3ccccc34)n2)cc1. The minimum Gasteiger partial charge on any atom is -0.308 e. The van der Waals surface area contributed by atoms with Crippen molar-refractivity contribution in [1.29, 1.82) is 0 Å². The van der Waals surface area contributed by atoms with Crippen LogP contribution in [0.4, 0.5) is 0 Å². The lowest BCUT2D eigenvalue weighted by molar-refractivity contribution is 1.08. The fourth-order valence-corrected chi connectivity index (χ4v) is 11.3. The third-order valence-electron chi connectivity index (χ3n) is 12.7. The molecule has 0 aliphatic rings. The molecule has 0 amide bonds. The first-order valence-corrected chi connectivity index (χ1v) is 21.4. The molecule has 6 heteroatoms. The lowest BCUT2D eigenvalue weighted by atomic mass is 10.0. The lowest BCUT2D eigenvalue weighted by Gasteiger charge is -2.14. The second kappa shape index (κ2) is 12.3. The van der Waals surface area contributed by atoms with Crippen molar-refractivity contribution < 1.29 is 0 Å². The van der Waals surface area contributed by atoms with Crippen LogP contribution in [0.2, 0.25) is 0 Å². The van der Waals surface area contributed by atoms with Gasteiger partial charge in [-0.1, -0.05) is 152 Å². The zero-order chi connectivity index (χ0) is 39.8. The molecule has 0 saturated heterocycles. The van der Waals surface area contributed by atoms with Gasteiger partial charge in [0.1, 0.15) is 0 Å². The molecule has 9 aromatic carbocycles. The van der Waals surface area contributed by atoms with Gasteiger partial charge in [0, 0.05) is 74.6 Å². The highest BCUT2D eigenvalue weighted by molar-refractivity contribution is 7.26. The molecule has 0 atom stereocenters. The number of benzene rings is 9. The minimum atomic E-state index is 0.651. The Bertz CT molecular complexity index is 4050. The highest BCUT2D eigenvalue weighted by atomic mass is 32.1. The van der Waals surface area contributed by atoms with Gasteiger partial charge >= 0.3 is 0 Å². The van der Waals surface area contributed by atoms with Crippen molar-refractivity contribution in [3.63, 3.8) is 0 Å². The number of thiophene rings is 1. The molecule has 0 saturated carbocycles. The van der Waals surface area contributed by atoms with E-state index < -0.39 is 0 Å². The van der Waals surface area contributed by atoms with Crippen molar-refractivity contribution in [2.75, 3.05) is 0 Å². The van der Waals surface area contributed by atoms with Crippen LogP contribution in [0.1, 0.15) is 0 Å². The summed E-state index contributed by atoms with van der Waals surface area (Å²) in [6, 6.07) is 67.7. The van der Waals surface area contributed by atoms with Gasteiger partial charge in [0.15, 0.2) is 17.5 Å². The van der Waals surface area contributed by atoms with Crippen LogP contribution < -0.4 is 0 Å². The molecule has 5 nitrogen and oxygen atoms in total. The lowest BCUT2D eigenvalue weighted by Crippen LogP contribution is -2.01. The Labute approximate surface area is 352 Å². The largest absolute Gasteiger partial charge is 0.308 e. The minimum absolute atomic E-state index is 0.651. The molecule has 282 valence electrons. The van der Waals surface area contributed by atoms with Crippen molar-refractivity contribution >= 4 is 102 Å². The second-order valence-electron chi connectivity index (χ2n) is 15.9. The highest BCUT2D eigenvalue weighted by Crippen LogP contribution is 2.48. The van der Waals surface area contributed by atoms with Gasteiger partial charge < -0.3 is 8.97 Å². The average Bonchev–Trinajstić information content (AvgIpc) is 4.07. The molecule has 0 aliphatic heterocycles. The molecule has 0 unspecified atom stereocenters. The molecule has 0 aliphatic carbocycles. The van der Waals surface area contributed by atoms with E-state index in [9.17, 15) is 0 Å². The first kappa shape index (κ1) is 33.0. The van der Waals surface area contributed by atoms with Crippen molar-refractivity contribution in [3.8, 4) is 39.9 Å². The van der Waals surface area contributed by atoms with Gasteiger partial charge in [0.05, 0.1) is 33.3 Å². The molecule has 5 heterocycles. The van der Waals surface area contributed by atoms with E-state index in [-0.39, 0.29) is 0 Å². The second-order valence-corrected chi connectivity index (χ2v) is 17.0. The van der Waals surface area contributed by atoms with Gasteiger partial charge in [-0.05, 0) is 41.8 Å². The molecule has 14 rings (SSSR count). The van der Waals surface area contributed by atoms with Gasteiger partial charge in [0.25, 0.3) is 0 Å². The highest BCUT2D eigenvalue weighted by Gasteiger charge is 2.25. The summed E-state index contributed by atoms with van der Waals surface area (Å²) in [4.78, 5) is 15.5. The summed E-state index contributed by atoms with van der Waals surface area (Å²) in [6.45, 7) is 0. The fourth-order valence-electron chi connectivity index (χ4n) is 10.1. The van der Waals surface area contributed by atoms with Crippen molar-refractivity contribution in [3.05, 3.63) is 188 Å². The van der Waals surface area contributed by atoms with Gasteiger partial charge in [-0.15, -0.1) is 11.3 Å². The van der Waals surface area contributed by atoms with E-state index in [1.54, 1.807) is 11.3 Å². The van der Waals surface area contributed by atoms with Crippen LogP contribution >= 0.6 is 11.3 Å². The summed E-state index contributed by atoms with van der Waals surface area (Å²) in [7, 11) is 0. The molecule has 0 N–H and O–H groups in total. The molecule has 61 heavy (non-hydrogen) atoms. The van der Waals surface area contributed by atoms with Crippen LogP contribution in [0, 0.1) is 0 Å². The van der Waals surface area contributed by atoms with Crippen LogP contribution in [0.5, 0.6) is 0 Å². The van der Waals surface area contributed by atoms with Crippen LogP contribution in [-0.2, 0) is 0 Å². The third kappa shape index (κ3) is 4.57. The maximum absolute atomic E-state index is 5.23. The Hall–Kier alpha value is -7.93. The molecule has 5 aromatic heterocycles. The number of rotatable bonds is 4. The van der Waals surface area contributed by atoms with Crippen LogP contribution in [0.25, 0.3) is 131 Å². The van der Waals surface area contributed by atoms with E-state index >= 15 is 0 Å². The van der Waals surface area contributed by atoms with E-state index in [2.05, 4.69) is 161 Å². The summed E-state index contributed by atoms with van der Waals surface area (Å²) >= 11 is 1.81. The summed E-state index contributed by atoms with van der Waals surface area (Å²) in [5.74, 6) is 1.96. The molecule has 0 bridgehead atoms. The average molecular weight is 794 g/mol. The summed E-state index contributed by atoms with van der Waals surface area (Å²) in [6.07, 6.45) is 0. The number of nitrogens with zero attached hydrogens (tertiary/aromatic N) is 5. The molecule has 14 aromatic rings.